The van der Waals surface area contributed by atoms with Crippen LogP contribution in [0.15, 0.2) is 0 Å². The number of ether oxygens (including phenoxy) is 1. The molecule has 0 heterocycles. The lowest BCUT2D eigenvalue weighted by Gasteiger charge is -2.06. The van der Waals surface area contributed by atoms with Gasteiger partial charge in [-0.1, -0.05) is 0 Å². The molecular formula is C10H19NO5S. The molecule has 1 aliphatic carbocycles. The molecule has 0 bridgehead atoms. The van der Waals surface area contributed by atoms with Crippen LogP contribution in [0.1, 0.15) is 25.7 Å². The van der Waals surface area contributed by atoms with Crippen molar-refractivity contribution in [2.24, 2.45) is 5.92 Å². The summed E-state index contributed by atoms with van der Waals surface area (Å²) in [4.78, 5) is 10.2. The lowest BCUT2D eigenvalue weighted by atomic mass is 10.4. The maximum absolute atomic E-state index is 11.3. The molecule has 0 radical (unpaired) electrons. The molecule has 0 aromatic heterocycles. The van der Waals surface area contributed by atoms with Gasteiger partial charge < -0.3 is 9.84 Å². The van der Waals surface area contributed by atoms with Gasteiger partial charge in [0.15, 0.2) is 0 Å². The molecule has 1 rings (SSSR count). The van der Waals surface area contributed by atoms with Gasteiger partial charge in [0.25, 0.3) is 0 Å². The molecule has 7 heteroatoms. The average molecular weight is 265 g/mol. The van der Waals surface area contributed by atoms with Gasteiger partial charge >= 0.3 is 5.97 Å². The smallest absolute Gasteiger partial charge is 0.304 e. The average Bonchev–Trinajstić information content (AvgIpc) is 3.04. The van der Waals surface area contributed by atoms with Gasteiger partial charge in [-0.15, -0.1) is 0 Å². The van der Waals surface area contributed by atoms with Crippen LogP contribution in [0.4, 0.5) is 0 Å². The molecule has 17 heavy (non-hydrogen) atoms. The summed E-state index contributed by atoms with van der Waals surface area (Å²) < 4.78 is 30.2. The van der Waals surface area contributed by atoms with E-state index in [0.717, 1.165) is 6.61 Å². The van der Waals surface area contributed by atoms with E-state index in [-0.39, 0.29) is 12.2 Å². The van der Waals surface area contributed by atoms with Crippen LogP contribution in [-0.2, 0) is 19.6 Å². The molecule has 1 fully saturated rings. The minimum atomic E-state index is -3.45. The van der Waals surface area contributed by atoms with Crippen LogP contribution in [0.3, 0.4) is 0 Å². The summed E-state index contributed by atoms with van der Waals surface area (Å²) in [7, 11) is -3.45. The second-order valence-corrected chi connectivity index (χ2v) is 6.16. The quantitative estimate of drug-likeness (QED) is 0.550. The Labute approximate surface area is 101 Å². The zero-order chi connectivity index (χ0) is 12.7. The molecule has 0 amide bonds. The predicted molar refractivity (Wildman–Crippen MR) is 62.2 cm³/mol. The Morgan fingerprint density at radius 3 is 2.71 bits per heavy atom. The number of rotatable bonds is 10. The van der Waals surface area contributed by atoms with Crippen LogP contribution in [0.5, 0.6) is 0 Å². The lowest BCUT2D eigenvalue weighted by molar-refractivity contribution is -0.136. The van der Waals surface area contributed by atoms with Crippen molar-refractivity contribution in [3.05, 3.63) is 0 Å². The normalized spacial score (nSPS) is 16.0. The standard InChI is InChI=1S/C10H19NO5S/c12-10(13)4-7-17(14,15)11-5-1-6-16-8-9-2-3-9/h9,11H,1-8H2,(H,12,13). The van der Waals surface area contributed by atoms with Crippen LogP contribution < -0.4 is 4.72 Å². The van der Waals surface area contributed by atoms with Crippen LogP contribution in [0.25, 0.3) is 0 Å². The number of hydrogen-bond acceptors (Lipinski definition) is 4. The highest BCUT2D eigenvalue weighted by Gasteiger charge is 2.20. The second kappa shape index (κ2) is 6.93. The fourth-order valence-electron chi connectivity index (χ4n) is 1.23. The van der Waals surface area contributed by atoms with Gasteiger partial charge in [-0.2, -0.15) is 0 Å². The Morgan fingerprint density at radius 2 is 2.12 bits per heavy atom. The summed E-state index contributed by atoms with van der Waals surface area (Å²) >= 11 is 0. The van der Waals surface area contributed by atoms with Crippen molar-refractivity contribution in [2.45, 2.75) is 25.7 Å². The first-order valence-corrected chi connectivity index (χ1v) is 7.42. The Bertz CT molecular complexity index is 337. The van der Waals surface area contributed by atoms with E-state index in [2.05, 4.69) is 4.72 Å². The number of carboxylic acid groups (broad SMARTS) is 1. The lowest BCUT2D eigenvalue weighted by Crippen LogP contribution is -2.29. The van der Waals surface area contributed by atoms with Gasteiger partial charge in [0.05, 0.1) is 12.2 Å². The molecule has 6 nitrogen and oxygen atoms in total. The van der Waals surface area contributed by atoms with Gasteiger partial charge in [0, 0.05) is 19.8 Å². The fraction of sp³-hybridized carbons (Fsp3) is 0.900. The molecule has 100 valence electrons. The molecular weight excluding hydrogens is 246 g/mol. The highest BCUT2D eigenvalue weighted by Crippen LogP contribution is 2.28. The number of hydrogen-bond donors (Lipinski definition) is 2. The van der Waals surface area contributed by atoms with E-state index in [4.69, 9.17) is 9.84 Å². The molecule has 1 saturated carbocycles. The summed E-state index contributed by atoms with van der Waals surface area (Å²) in [5, 5.41) is 8.36. The van der Waals surface area contributed by atoms with E-state index in [1.807, 2.05) is 0 Å². The van der Waals surface area contributed by atoms with Crippen molar-refractivity contribution >= 4 is 16.0 Å². The maximum Gasteiger partial charge on any atom is 0.304 e. The summed E-state index contributed by atoms with van der Waals surface area (Å²) in [6.45, 7) is 1.61. The number of nitrogens with one attached hydrogen (secondary N) is 1. The molecule has 0 aliphatic heterocycles. The van der Waals surface area contributed by atoms with E-state index < -0.39 is 16.0 Å². The summed E-state index contributed by atoms with van der Waals surface area (Å²) in [6.07, 6.45) is 2.72. The third-order valence-electron chi connectivity index (χ3n) is 2.42. The van der Waals surface area contributed by atoms with Crippen molar-refractivity contribution < 1.29 is 23.1 Å². The second-order valence-electron chi connectivity index (χ2n) is 4.23. The maximum atomic E-state index is 11.3. The topological polar surface area (TPSA) is 92.7 Å². The monoisotopic (exact) mass is 265 g/mol. The minimum absolute atomic E-state index is 0.298. The zero-order valence-electron chi connectivity index (χ0n) is 9.72. The van der Waals surface area contributed by atoms with Crippen LogP contribution in [-0.4, -0.2) is 45.0 Å². The zero-order valence-corrected chi connectivity index (χ0v) is 10.5. The number of sulfonamides is 1. The number of aliphatic carboxylic acids is 1. The van der Waals surface area contributed by atoms with Crippen molar-refractivity contribution in [3.63, 3.8) is 0 Å². The largest absolute Gasteiger partial charge is 0.481 e. The van der Waals surface area contributed by atoms with Gasteiger partial charge in [-0.05, 0) is 25.2 Å². The van der Waals surface area contributed by atoms with Crippen LogP contribution in [0.2, 0.25) is 0 Å². The van der Waals surface area contributed by atoms with Gasteiger partial charge in [0.1, 0.15) is 0 Å². The Hall–Kier alpha value is -0.660. The molecule has 1 aliphatic rings. The van der Waals surface area contributed by atoms with Gasteiger partial charge in [-0.3, -0.25) is 4.79 Å². The summed E-state index contributed by atoms with van der Waals surface area (Å²) in [6, 6.07) is 0. The first kappa shape index (κ1) is 14.4. The number of carboxylic acids is 1. The van der Waals surface area contributed by atoms with Gasteiger partial charge in [-0.25, -0.2) is 13.1 Å². The highest BCUT2D eigenvalue weighted by molar-refractivity contribution is 7.89. The Kier molecular flexibility index (Phi) is 5.87. The minimum Gasteiger partial charge on any atom is -0.481 e. The number of carbonyl (C=O) groups is 1. The highest BCUT2D eigenvalue weighted by atomic mass is 32.2. The molecule has 0 unspecified atom stereocenters. The SMILES string of the molecule is O=C(O)CCS(=O)(=O)NCCCOCC1CC1. The predicted octanol–water partition coefficient (Wildman–Crippen LogP) is 0.197. The summed E-state index contributed by atoms with van der Waals surface area (Å²) in [5.41, 5.74) is 0. The molecule has 0 aromatic carbocycles. The molecule has 2 N–H and O–H groups in total. The third-order valence-corrected chi connectivity index (χ3v) is 3.81. The van der Waals surface area contributed by atoms with Gasteiger partial charge in [0.2, 0.25) is 10.0 Å². The molecule has 0 spiro atoms. The molecule has 0 saturated heterocycles. The Morgan fingerprint density at radius 1 is 1.41 bits per heavy atom. The fourth-order valence-corrected chi connectivity index (χ4v) is 2.27. The first-order valence-electron chi connectivity index (χ1n) is 5.76. The van der Waals surface area contributed by atoms with Crippen LogP contribution in [0, 0.1) is 5.92 Å². The Balaban J connectivity index is 1.97. The van der Waals surface area contributed by atoms with E-state index in [1.54, 1.807) is 0 Å². The molecule has 0 atom stereocenters. The first-order chi connectivity index (χ1) is 7.99. The van der Waals surface area contributed by atoms with Crippen molar-refractivity contribution in [3.8, 4) is 0 Å². The summed E-state index contributed by atoms with van der Waals surface area (Å²) in [5.74, 6) is -0.768. The van der Waals surface area contributed by atoms with E-state index in [0.29, 0.717) is 25.5 Å². The molecule has 0 aromatic rings. The van der Waals surface area contributed by atoms with E-state index >= 15 is 0 Å². The van der Waals surface area contributed by atoms with Crippen molar-refractivity contribution in [2.75, 3.05) is 25.5 Å². The van der Waals surface area contributed by atoms with Crippen molar-refractivity contribution in [1.29, 1.82) is 0 Å². The van der Waals surface area contributed by atoms with E-state index in [9.17, 15) is 13.2 Å². The van der Waals surface area contributed by atoms with E-state index in [1.165, 1.54) is 12.8 Å². The van der Waals surface area contributed by atoms with Crippen molar-refractivity contribution in [1.82, 2.24) is 4.72 Å². The van der Waals surface area contributed by atoms with Crippen LogP contribution >= 0.6 is 0 Å². The third kappa shape index (κ3) is 8.12.